The lowest BCUT2D eigenvalue weighted by atomic mass is 9.84. The highest BCUT2D eigenvalue weighted by molar-refractivity contribution is 6.07. The number of hydrogen-bond donors (Lipinski definition) is 1. The van der Waals surface area contributed by atoms with Crippen LogP contribution in [0.1, 0.15) is 74.3 Å². The van der Waals surface area contributed by atoms with Crippen molar-refractivity contribution in [2.75, 3.05) is 13.2 Å². The van der Waals surface area contributed by atoms with Crippen LogP contribution >= 0.6 is 0 Å². The summed E-state index contributed by atoms with van der Waals surface area (Å²) in [4.78, 5) is 26.7. The largest absolute Gasteiger partial charge is 0.493 e. The summed E-state index contributed by atoms with van der Waals surface area (Å²) in [6.07, 6.45) is -9.51. The van der Waals surface area contributed by atoms with E-state index in [1.54, 1.807) is 13.8 Å². The number of nitrogens with zero attached hydrogens (tertiary/aromatic N) is 1. The molecule has 43 heavy (non-hydrogen) atoms. The maximum atomic E-state index is 14.0. The molecule has 2 aromatic rings. The number of ether oxygens (including phenoxy) is 2. The standard InChI is InChI=1S/C30H33F7N2O4/c1-4-8-18-16-23-22(17-43-28(23,29(32,33)34)30(35,36)37)21(9-5-2)24(18)42-15-7-6-14-39-25(40)27(3,38-26(39)41)19-10-12-20(31)13-11-19/h10-13,16H,4-9,14-15,17H2,1-3H3,(H,38,41). The second-order valence-electron chi connectivity index (χ2n) is 10.9. The zero-order valence-electron chi connectivity index (χ0n) is 24.0. The van der Waals surface area contributed by atoms with E-state index in [1.165, 1.54) is 31.2 Å². The van der Waals surface area contributed by atoms with E-state index in [4.69, 9.17) is 4.74 Å². The van der Waals surface area contributed by atoms with Crippen molar-refractivity contribution >= 4 is 11.9 Å². The molecule has 13 heteroatoms. The Bertz CT molecular complexity index is 1340. The molecule has 4 rings (SSSR count). The minimum absolute atomic E-state index is 0.0478. The third-order valence-electron chi connectivity index (χ3n) is 7.92. The molecule has 2 aromatic carbocycles. The molecule has 236 valence electrons. The monoisotopic (exact) mass is 618 g/mol. The van der Waals surface area contributed by atoms with Gasteiger partial charge >= 0.3 is 18.4 Å². The number of benzene rings is 2. The minimum atomic E-state index is -5.72. The molecule has 1 saturated heterocycles. The van der Waals surface area contributed by atoms with Crippen molar-refractivity contribution in [3.05, 3.63) is 64.0 Å². The average molecular weight is 619 g/mol. The van der Waals surface area contributed by atoms with Gasteiger partial charge in [-0.1, -0.05) is 38.8 Å². The van der Waals surface area contributed by atoms with Crippen LogP contribution in [0.3, 0.4) is 0 Å². The molecule has 1 N–H and O–H groups in total. The lowest BCUT2D eigenvalue weighted by molar-refractivity contribution is -0.385. The lowest BCUT2D eigenvalue weighted by Gasteiger charge is -2.34. The third kappa shape index (κ3) is 5.67. The summed E-state index contributed by atoms with van der Waals surface area (Å²) in [5.41, 5.74) is -5.95. The second kappa shape index (κ2) is 12.0. The summed E-state index contributed by atoms with van der Waals surface area (Å²) >= 11 is 0. The summed E-state index contributed by atoms with van der Waals surface area (Å²) in [7, 11) is 0. The molecule has 2 aliphatic rings. The minimum Gasteiger partial charge on any atom is -0.493 e. The van der Waals surface area contributed by atoms with Crippen LogP contribution < -0.4 is 10.1 Å². The van der Waals surface area contributed by atoms with Gasteiger partial charge in [-0.15, -0.1) is 0 Å². The van der Waals surface area contributed by atoms with Crippen molar-refractivity contribution in [3.8, 4) is 5.75 Å². The van der Waals surface area contributed by atoms with Crippen molar-refractivity contribution in [1.29, 1.82) is 0 Å². The van der Waals surface area contributed by atoms with E-state index in [0.29, 0.717) is 31.2 Å². The first-order chi connectivity index (χ1) is 20.1. The zero-order valence-corrected chi connectivity index (χ0v) is 24.0. The SMILES string of the molecule is CCCc1cc2c(c(CCC)c1OCCCCN1C(=O)NC(C)(c3ccc(F)cc3)C1=O)COC2(C(F)(F)F)C(F)(F)F. The molecule has 0 radical (unpaired) electrons. The molecule has 0 bridgehead atoms. The first kappa shape index (κ1) is 32.6. The van der Waals surface area contributed by atoms with Crippen LogP contribution in [-0.4, -0.2) is 42.3 Å². The van der Waals surface area contributed by atoms with Crippen molar-refractivity contribution < 1.29 is 49.8 Å². The predicted octanol–water partition coefficient (Wildman–Crippen LogP) is 7.21. The first-order valence-electron chi connectivity index (χ1n) is 14.1. The maximum absolute atomic E-state index is 14.0. The van der Waals surface area contributed by atoms with Crippen LogP contribution in [0.15, 0.2) is 30.3 Å². The van der Waals surface area contributed by atoms with E-state index in [0.717, 1.165) is 11.0 Å². The highest BCUT2D eigenvalue weighted by atomic mass is 19.4. The zero-order chi connectivity index (χ0) is 31.8. The average Bonchev–Trinajstić information content (AvgIpc) is 3.42. The second-order valence-corrected chi connectivity index (χ2v) is 10.9. The van der Waals surface area contributed by atoms with Gasteiger partial charge in [-0.05, 0) is 67.5 Å². The van der Waals surface area contributed by atoms with Gasteiger partial charge in [-0.3, -0.25) is 9.69 Å². The fourth-order valence-electron chi connectivity index (χ4n) is 5.76. The first-order valence-corrected chi connectivity index (χ1v) is 14.1. The highest BCUT2D eigenvalue weighted by Gasteiger charge is 2.76. The number of aryl methyl sites for hydroxylation is 1. The molecule has 2 aliphatic heterocycles. The Morgan fingerprint density at radius 3 is 2.19 bits per heavy atom. The Kier molecular flexibility index (Phi) is 9.07. The van der Waals surface area contributed by atoms with Crippen molar-refractivity contribution in [3.63, 3.8) is 0 Å². The maximum Gasteiger partial charge on any atom is 0.430 e. The van der Waals surface area contributed by atoms with Gasteiger partial charge in [0.25, 0.3) is 11.5 Å². The summed E-state index contributed by atoms with van der Waals surface area (Å²) in [6.45, 7) is 4.29. The van der Waals surface area contributed by atoms with Gasteiger partial charge < -0.3 is 14.8 Å². The van der Waals surface area contributed by atoms with Gasteiger partial charge in [0.15, 0.2) is 0 Å². The number of nitrogens with one attached hydrogen (secondary N) is 1. The van der Waals surface area contributed by atoms with E-state index < -0.39 is 53.4 Å². The molecule has 1 fully saturated rings. The van der Waals surface area contributed by atoms with Gasteiger partial charge in [0.05, 0.1) is 13.2 Å². The Balaban J connectivity index is 1.51. The molecule has 0 spiro atoms. The molecule has 3 amide bonds. The van der Waals surface area contributed by atoms with Crippen LogP contribution in [0, 0.1) is 5.82 Å². The Hall–Kier alpha value is -3.35. The number of rotatable bonds is 11. The highest BCUT2D eigenvalue weighted by Crippen LogP contribution is 2.58. The molecule has 0 aromatic heterocycles. The van der Waals surface area contributed by atoms with Gasteiger partial charge in [-0.2, -0.15) is 26.3 Å². The molecule has 2 heterocycles. The van der Waals surface area contributed by atoms with Crippen molar-refractivity contribution in [2.24, 2.45) is 0 Å². The Labute approximate surface area is 244 Å². The Morgan fingerprint density at radius 1 is 0.977 bits per heavy atom. The number of fused-ring (bicyclic) bond motifs is 1. The number of carbonyl (C=O) groups excluding carboxylic acids is 2. The van der Waals surface area contributed by atoms with E-state index in [-0.39, 0.29) is 48.4 Å². The van der Waals surface area contributed by atoms with Gasteiger partial charge in [0, 0.05) is 17.7 Å². The van der Waals surface area contributed by atoms with Crippen molar-refractivity contribution in [1.82, 2.24) is 10.2 Å². The fourth-order valence-corrected chi connectivity index (χ4v) is 5.76. The van der Waals surface area contributed by atoms with Crippen LogP contribution in [0.25, 0.3) is 0 Å². The quantitative estimate of drug-likeness (QED) is 0.164. The number of amides is 3. The molecule has 1 atom stereocenters. The number of unbranched alkanes of at least 4 members (excludes halogenated alkanes) is 1. The number of halogens is 7. The van der Waals surface area contributed by atoms with E-state index >= 15 is 0 Å². The van der Waals surface area contributed by atoms with Crippen LogP contribution in [-0.2, 0) is 40.1 Å². The van der Waals surface area contributed by atoms with E-state index in [2.05, 4.69) is 10.1 Å². The normalized spacial score (nSPS) is 20.0. The van der Waals surface area contributed by atoms with E-state index in [1.807, 2.05) is 0 Å². The van der Waals surface area contributed by atoms with Crippen LogP contribution in [0.2, 0.25) is 0 Å². The van der Waals surface area contributed by atoms with Gasteiger partial charge in [-0.25, -0.2) is 9.18 Å². The van der Waals surface area contributed by atoms with E-state index in [9.17, 15) is 40.3 Å². The van der Waals surface area contributed by atoms with Crippen LogP contribution in [0.5, 0.6) is 5.75 Å². The Morgan fingerprint density at radius 2 is 1.60 bits per heavy atom. The van der Waals surface area contributed by atoms with Gasteiger partial charge in [0.2, 0.25) is 0 Å². The molecule has 0 saturated carbocycles. The topological polar surface area (TPSA) is 67.9 Å². The van der Waals surface area contributed by atoms with Crippen LogP contribution in [0.4, 0.5) is 35.5 Å². The summed E-state index contributed by atoms with van der Waals surface area (Å²) in [6, 6.07) is 5.53. The number of carbonyl (C=O) groups is 2. The molecule has 0 aliphatic carbocycles. The molecule has 1 unspecified atom stereocenters. The third-order valence-corrected chi connectivity index (χ3v) is 7.92. The number of hydrogen-bond acceptors (Lipinski definition) is 4. The molecular formula is C30H33F7N2O4. The number of urea groups is 1. The van der Waals surface area contributed by atoms with Crippen molar-refractivity contribution in [2.45, 2.75) is 89.4 Å². The smallest absolute Gasteiger partial charge is 0.430 e. The summed E-state index contributed by atoms with van der Waals surface area (Å²) in [5, 5.41) is 2.64. The summed E-state index contributed by atoms with van der Waals surface area (Å²) in [5.74, 6) is -0.733. The fraction of sp³-hybridized carbons (Fsp3) is 0.533. The predicted molar refractivity (Wildman–Crippen MR) is 142 cm³/mol. The molecule has 6 nitrogen and oxygen atoms in total. The summed E-state index contributed by atoms with van der Waals surface area (Å²) < 4.78 is 108. The lowest BCUT2D eigenvalue weighted by Crippen LogP contribution is -2.53. The number of imide groups is 1. The number of alkyl halides is 6. The van der Waals surface area contributed by atoms with Gasteiger partial charge in [0.1, 0.15) is 17.1 Å². The molecular weight excluding hydrogens is 585 g/mol.